The molecule has 1 aliphatic heterocycles. The first-order valence-electron chi connectivity index (χ1n) is 9.00. The number of nitrogens with one attached hydrogen (secondary N) is 1. The number of benzene rings is 1. The first kappa shape index (κ1) is 18.7. The Balaban J connectivity index is 1.37. The van der Waals surface area contributed by atoms with Crippen molar-refractivity contribution >= 4 is 28.7 Å². The highest BCUT2D eigenvalue weighted by Gasteiger charge is 2.16. The predicted octanol–water partition coefficient (Wildman–Crippen LogP) is 3.81. The van der Waals surface area contributed by atoms with Crippen molar-refractivity contribution in [1.29, 1.82) is 0 Å². The van der Waals surface area contributed by atoms with E-state index < -0.39 is 0 Å². The zero-order chi connectivity index (χ0) is 19.3. The maximum atomic E-state index is 5.80. The third-order valence-corrected chi connectivity index (χ3v) is 5.45. The van der Waals surface area contributed by atoms with E-state index in [0.29, 0.717) is 30.0 Å². The van der Waals surface area contributed by atoms with Crippen LogP contribution in [0.1, 0.15) is 24.8 Å². The Morgan fingerprint density at radius 1 is 1.25 bits per heavy atom. The Bertz CT molecular complexity index is 943. The van der Waals surface area contributed by atoms with E-state index in [1.807, 2.05) is 40.6 Å². The minimum Gasteiger partial charge on any atom is -0.454 e. The average Bonchev–Trinajstić information content (AvgIpc) is 3.46. The Morgan fingerprint density at radius 2 is 2.14 bits per heavy atom. The van der Waals surface area contributed by atoms with Gasteiger partial charge in [0.1, 0.15) is 0 Å². The number of hydrogen-bond acceptors (Lipinski definition) is 7. The second-order valence-corrected chi connectivity index (χ2v) is 7.58. The van der Waals surface area contributed by atoms with Gasteiger partial charge in [-0.15, -0.1) is 21.5 Å². The Hall–Kier alpha value is -2.65. The summed E-state index contributed by atoms with van der Waals surface area (Å²) in [6.45, 7) is 4.24. The van der Waals surface area contributed by atoms with Crippen LogP contribution >= 0.6 is 23.6 Å². The summed E-state index contributed by atoms with van der Waals surface area (Å²) in [6.07, 6.45) is 0.956. The molecule has 1 N–H and O–H groups in total. The molecule has 0 atom stereocenters. The maximum absolute atomic E-state index is 5.80. The first-order valence-corrected chi connectivity index (χ1v) is 10.3. The molecule has 3 aromatic rings. The normalized spacial score (nSPS) is 12.2. The SMILES string of the molecule is CCCN(Cc1nnc(-c2cccs2)o1)C(=S)NCc1ccc2c(c1)OCO2. The lowest BCUT2D eigenvalue weighted by Gasteiger charge is -2.24. The van der Waals surface area contributed by atoms with Gasteiger partial charge in [0, 0.05) is 13.1 Å². The molecule has 0 radical (unpaired) electrons. The third kappa shape index (κ3) is 4.26. The van der Waals surface area contributed by atoms with Crippen LogP contribution in [0.3, 0.4) is 0 Å². The number of hydrogen-bond donors (Lipinski definition) is 1. The van der Waals surface area contributed by atoms with Gasteiger partial charge in [0.15, 0.2) is 16.6 Å². The summed E-state index contributed by atoms with van der Waals surface area (Å²) in [4.78, 5) is 3.00. The molecule has 2 aromatic heterocycles. The van der Waals surface area contributed by atoms with Crippen molar-refractivity contribution in [3.63, 3.8) is 0 Å². The molecule has 0 aliphatic carbocycles. The molecule has 3 heterocycles. The van der Waals surface area contributed by atoms with Crippen LogP contribution in [0.15, 0.2) is 40.1 Å². The Kier molecular flexibility index (Phi) is 5.73. The fraction of sp³-hybridized carbons (Fsp3) is 0.316. The number of ether oxygens (including phenoxy) is 2. The molecule has 0 fully saturated rings. The summed E-state index contributed by atoms with van der Waals surface area (Å²) in [7, 11) is 0. The monoisotopic (exact) mass is 416 g/mol. The summed E-state index contributed by atoms with van der Waals surface area (Å²) >= 11 is 7.17. The molecule has 146 valence electrons. The predicted molar refractivity (Wildman–Crippen MR) is 110 cm³/mol. The largest absolute Gasteiger partial charge is 0.454 e. The number of nitrogens with zero attached hydrogens (tertiary/aromatic N) is 3. The molecule has 0 bridgehead atoms. The van der Waals surface area contributed by atoms with E-state index in [1.54, 1.807) is 11.3 Å². The van der Waals surface area contributed by atoms with Gasteiger partial charge in [0.05, 0.1) is 11.4 Å². The van der Waals surface area contributed by atoms with Crippen molar-refractivity contribution in [1.82, 2.24) is 20.4 Å². The number of thiocarbonyl (C=S) groups is 1. The molecule has 1 aliphatic rings. The molecular formula is C19H20N4O3S2. The highest BCUT2D eigenvalue weighted by atomic mass is 32.1. The fourth-order valence-corrected chi connectivity index (χ4v) is 3.72. The van der Waals surface area contributed by atoms with E-state index in [-0.39, 0.29) is 6.79 Å². The molecule has 9 heteroatoms. The van der Waals surface area contributed by atoms with Crippen LogP contribution in [-0.2, 0) is 13.1 Å². The van der Waals surface area contributed by atoms with Gasteiger partial charge >= 0.3 is 0 Å². The van der Waals surface area contributed by atoms with Crippen molar-refractivity contribution < 1.29 is 13.9 Å². The lowest BCUT2D eigenvalue weighted by molar-refractivity contribution is 0.174. The van der Waals surface area contributed by atoms with Crippen LogP contribution in [0.2, 0.25) is 0 Å². The molecule has 0 unspecified atom stereocenters. The van der Waals surface area contributed by atoms with Crippen LogP contribution in [0.25, 0.3) is 10.8 Å². The Morgan fingerprint density at radius 3 is 2.96 bits per heavy atom. The van der Waals surface area contributed by atoms with Crippen molar-refractivity contribution in [2.24, 2.45) is 0 Å². The van der Waals surface area contributed by atoms with Crippen LogP contribution in [0.5, 0.6) is 11.5 Å². The van der Waals surface area contributed by atoms with E-state index in [9.17, 15) is 0 Å². The molecular weight excluding hydrogens is 396 g/mol. The summed E-state index contributed by atoms with van der Waals surface area (Å²) in [5.41, 5.74) is 1.07. The lowest BCUT2D eigenvalue weighted by Crippen LogP contribution is -2.39. The minimum atomic E-state index is 0.270. The number of fused-ring (bicyclic) bond motifs is 1. The van der Waals surface area contributed by atoms with Gasteiger partial charge in [0.2, 0.25) is 12.7 Å². The molecule has 4 rings (SSSR count). The van der Waals surface area contributed by atoms with E-state index in [0.717, 1.165) is 34.9 Å². The summed E-state index contributed by atoms with van der Waals surface area (Å²) in [5.74, 6) is 2.63. The zero-order valence-electron chi connectivity index (χ0n) is 15.4. The molecule has 0 saturated carbocycles. The summed E-state index contributed by atoms with van der Waals surface area (Å²) in [6, 6.07) is 9.80. The van der Waals surface area contributed by atoms with Crippen LogP contribution in [-0.4, -0.2) is 33.5 Å². The summed E-state index contributed by atoms with van der Waals surface area (Å²) < 4.78 is 16.6. The minimum absolute atomic E-state index is 0.270. The standard InChI is InChI=1S/C19H20N4O3S2/c1-2-7-23(11-17-21-22-18(26-17)16-4-3-8-28-16)19(27)20-10-13-5-6-14-15(9-13)25-12-24-14/h3-6,8-9H,2,7,10-12H2,1H3,(H,20,27). The molecule has 0 spiro atoms. The summed E-state index contributed by atoms with van der Waals surface area (Å²) in [5, 5.41) is 14.2. The number of aromatic nitrogens is 2. The van der Waals surface area contributed by atoms with Crippen molar-refractivity contribution in [3.05, 3.63) is 47.2 Å². The first-order chi connectivity index (χ1) is 13.7. The van der Waals surface area contributed by atoms with E-state index in [4.69, 9.17) is 26.1 Å². The van der Waals surface area contributed by atoms with E-state index >= 15 is 0 Å². The quantitative estimate of drug-likeness (QED) is 0.583. The van der Waals surface area contributed by atoms with E-state index in [2.05, 4.69) is 22.4 Å². The van der Waals surface area contributed by atoms with Gasteiger partial charge in [-0.25, -0.2) is 0 Å². The maximum Gasteiger partial charge on any atom is 0.257 e. The van der Waals surface area contributed by atoms with Gasteiger partial charge < -0.3 is 24.1 Å². The van der Waals surface area contributed by atoms with Crippen molar-refractivity contribution in [2.75, 3.05) is 13.3 Å². The molecule has 28 heavy (non-hydrogen) atoms. The highest BCUT2D eigenvalue weighted by molar-refractivity contribution is 7.80. The highest BCUT2D eigenvalue weighted by Crippen LogP contribution is 2.32. The van der Waals surface area contributed by atoms with Crippen molar-refractivity contribution in [3.8, 4) is 22.3 Å². The van der Waals surface area contributed by atoms with Gasteiger partial charge in [-0.2, -0.15) is 0 Å². The third-order valence-electron chi connectivity index (χ3n) is 4.19. The van der Waals surface area contributed by atoms with Gasteiger partial charge in [-0.3, -0.25) is 0 Å². The molecule has 7 nitrogen and oxygen atoms in total. The van der Waals surface area contributed by atoms with Gasteiger partial charge in [0.25, 0.3) is 5.89 Å². The van der Waals surface area contributed by atoms with Crippen LogP contribution < -0.4 is 14.8 Å². The van der Waals surface area contributed by atoms with Gasteiger partial charge in [-0.05, 0) is 47.8 Å². The fourth-order valence-electron chi connectivity index (χ4n) is 2.84. The average molecular weight is 417 g/mol. The topological polar surface area (TPSA) is 72.7 Å². The van der Waals surface area contributed by atoms with Crippen LogP contribution in [0.4, 0.5) is 0 Å². The zero-order valence-corrected chi connectivity index (χ0v) is 17.0. The number of thiophene rings is 1. The Labute approximate surface area is 172 Å². The smallest absolute Gasteiger partial charge is 0.257 e. The second-order valence-electron chi connectivity index (χ2n) is 6.25. The molecule has 0 amide bonds. The second kappa shape index (κ2) is 8.57. The molecule has 1 aromatic carbocycles. The van der Waals surface area contributed by atoms with Gasteiger partial charge in [-0.1, -0.05) is 19.1 Å². The van der Waals surface area contributed by atoms with Crippen LogP contribution in [0, 0.1) is 0 Å². The lowest BCUT2D eigenvalue weighted by atomic mass is 10.2. The van der Waals surface area contributed by atoms with E-state index in [1.165, 1.54) is 0 Å². The van der Waals surface area contributed by atoms with Crippen molar-refractivity contribution in [2.45, 2.75) is 26.4 Å². The number of rotatable bonds is 7. The molecule has 0 saturated heterocycles.